The Morgan fingerprint density at radius 2 is 2.33 bits per heavy atom. The Morgan fingerprint density at radius 3 is 2.50 bits per heavy atom. The van der Waals surface area contributed by atoms with E-state index in [1.165, 1.54) is 5.57 Å². The predicted octanol–water partition coefficient (Wildman–Crippen LogP) is 1.66. The number of rotatable bonds is 0. The topological polar surface area (TPSA) is 0 Å². The largest absolute Gasteiger partial charge is 0.118 e. The Bertz CT molecular complexity index is 124. The van der Waals surface area contributed by atoms with E-state index in [1.54, 1.807) is 0 Å². The van der Waals surface area contributed by atoms with Gasteiger partial charge in [-0.2, -0.15) is 0 Å². The van der Waals surface area contributed by atoms with Crippen LogP contribution in [0.3, 0.4) is 0 Å². The van der Waals surface area contributed by atoms with E-state index in [2.05, 4.69) is 5.73 Å². The average Bonchev–Trinajstić information content (AvgIpc) is 2.21. The standard InChI is InChI=1S/C6H6/c1-2-3-6-4-5-6/h2,4-5H,1H3. The van der Waals surface area contributed by atoms with E-state index in [4.69, 9.17) is 0 Å². The van der Waals surface area contributed by atoms with Gasteiger partial charge in [0.15, 0.2) is 0 Å². The molecule has 0 fully saturated rings. The summed E-state index contributed by atoms with van der Waals surface area (Å²) in [6.07, 6.45) is 5.97. The minimum Gasteiger partial charge on any atom is -0.118 e. The number of hydrogen-bond donors (Lipinski definition) is 0. The fraction of sp³-hybridized carbons (Fsp3) is 0.167. The van der Waals surface area contributed by atoms with E-state index >= 15 is 0 Å². The van der Waals surface area contributed by atoms with Gasteiger partial charge in [0.05, 0.1) is 0 Å². The summed E-state index contributed by atoms with van der Waals surface area (Å²) in [7, 11) is 0. The Hall–Kier alpha value is -0.740. The van der Waals surface area contributed by atoms with Crippen molar-refractivity contribution in [2.45, 2.75) is 6.92 Å². The minimum absolute atomic E-state index is 1.23. The molecule has 0 radical (unpaired) electrons. The first-order chi connectivity index (χ1) is 2.93. The monoisotopic (exact) mass is 78.0 g/mol. The van der Waals surface area contributed by atoms with E-state index in [1.807, 2.05) is 25.2 Å². The van der Waals surface area contributed by atoms with Crippen LogP contribution in [0.1, 0.15) is 6.92 Å². The average molecular weight is 78.1 g/mol. The molecule has 0 saturated carbocycles. The van der Waals surface area contributed by atoms with Crippen molar-refractivity contribution in [3.05, 3.63) is 29.5 Å². The molecule has 1 aliphatic carbocycles. The van der Waals surface area contributed by atoms with Gasteiger partial charge in [-0.1, -0.05) is 0 Å². The Kier molecular flexibility index (Phi) is 0.664. The first kappa shape index (κ1) is 3.45. The molecule has 0 nitrogen and oxygen atoms in total. The molecule has 0 heterocycles. The fourth-order valence-corrected chi connectivity index (χ4v) is 0.305. The van der Waals surface area contributed by atoms with Crippen LogP contribution < -0.4 is 0 Å². The second-order valence-electron chi connectivity index (χ2n) is 1.22. The van der Waals surface area contributed by atoms with Crippen molar-refractivity contribution in [2.24, 2.45) is 0 Å². The molecule has 0 heteroatoms. The molecule has 0 bridgehead atoms. The van der Waals surface area contributed by atoms with Gasteiger partial charge in [0, 0.05) is 5.57 Å². The lowest BCUT2D eigenvalue weighted by Crippen LogP contribution is -1.33. The van der Waals surface area contributed by atoms with Crippen LogP contribution in [0.25, 0.3) is 0 Å². The van der Waals surface area contributed by atoms with Gasteiger partial charge >= 0.3 is 0 Å². The molecule has 1 rings (SSSR count). The zero-order chi connectivity index (χ0) is 4.41. The van der Waals surface area contributed by atoms with Crippen molar-refractivity contribution >= 4 is 0 Å². The van der Waals surface area contributed by atoms with Crippen LogP contribution in [0, 0.1) is 0 Å². The van der Waals surface area contributed by atoms with Crippen molar-refractivity contribution in [3.8, 4) is 0 Å². The summed E-state index contributed by atoms with van der Waals surface area (Å²) in [5, 5.41) is 0. The molecule has 0 aliphatic heterocycles. The SMILES string of the molecule is CC=C=C1C=C1. The zero-order valence-corrected chi connectivity index (χ0v) is 3.73. The Labute approximate surface area is 37.5 Å². The van der Waals surface area contributed by atoms with Gasteiger partial charge < -0.3 is 0 Å². The van der Waals surface area contributed by atoms with Crippen molar-refractivity contribution in [2.75, 3.05) is 0 Å². The van der Waals surface area contributed by atoms with Crippen LogP contribution in [0.4, 0.5) is 0 Å². The summed E-state index contributed by atoms with van der Waals surface area (Å²) >= 11 is 0. The van der Waals surface area contributed by atoms with Gasteiger partial charge in [-0.15, -0.1) is 5.73 Å². The molecule has 0 aromatic carbocycles. The van der Waals surface area contributed by atoms with Gasteiger partial charge in [0.25, 0.3) is 0 Å². The van der Waals surface area contributed by atoms with Crippen molar-refractivity contribution in [3.63, 3.8) is 0 Å². The first-order valence-corrected chi connectivity index (χ1v) is 2.03. The molecule has 0 saturated heterocycles. The van der Waals surface area contributed by atoms with E-state index < -0.39 is 0 Å². The highest BCUT2D eigenvalue weighted by molar-refractivity contribution is 5.45. The van der Waals surface area contributed by atoms with Gasteiger partial charge in [-0.3, -0.25) is 0 Å². The quantitative estimate of drug-likeness (QED) is 0.386. The normalized spacial score (nSPS) is 13.8. The summed E-state index contributed by atoms with van der Waals surface area (Å²) in [5.74, 6) is 0. The van der Waals surface area contributed by atoms with Crippen LogP contribution in [0.15, 0.2) is 29.5 Å². The summed E-state index contributed by atoms with van der Waals surface area (Å²) in [6, 6.07) is 0. The van der Waals surface area contributed by atoms with E-state index in [0.29, 0.717) is 0 Å². The lowest BCUT2D eigenvalue weighted by atomic mass is 10.5. The maximum Gasteiger partial charge on any atom is 0.0161 e. The van der Waals surface area contributed by atoms with Crippen LogP contribution in [0.2, 0.25) is 0 Å². The molecule has 0 unspecified atom stereocenters. The second kappa shape index (κ2) is 1.16. The van der Waals surface area contributed by atoms with Crippen LogP contribution in [-0.2, 0) is 0 Å². The molecule has 6 heavy (non-hydrogen) atoms. The third-order valence-corrected chi connectivity index (χ3v) is 0.644. The highest BCUT2D eigenvalue weighted by Gasteiger charge is 1.91. The van der Waals surface area contributed by atoms with Gasteiger partial charge in [-0.25, -0.2) is 0 Å². The van der Waals surface area contributed by atoms with Gasteiger partial charge in [-0.05, 0) is 25.2 Å². The van der Waals surface area contributed by atoms with Gasteiger partial charge in [0.1, 0.15) is 0 Å². The summed E-state index contributed by atoms with van der Waals surface area (Å²) in [5.41, 5.74) is 4.23. The highest BCUT2D eigenvalue weighted by atomic mass is 14.0. The molecule has 30 valence electrons. The van der Waals surface area contributed by atoms with Crippen molar-refractivity contribution in [1.29, 1.82) is 0 Å². The number of hydrogen-bond acceptors (Lipinski definition) is 0. The zero-order valence-electron chi connectivity index (χ0n) is 3.73. The lowest BCUT2D eigenvalue weighted by Gasteiger charge is -1.53. The van der Waals surface area contributed by atoms with Crippen molar-refractivity contribution in [1.82, 2.24) is 0 Å². The highest BCUT2D eigenvalue weighted by Crippen LogP contribution is 2.10. The van der Waals surface area contributed by atoms with Crippen molar-refractivity contribution < 1.29 is 0 Å². The Morgan fingerprint density at radius 1 is 1.67 bits per heavy atom. The summed E-state index contributed by atoms with van der Waals surface area (Å²) in [4.78, 5) is 0. The second-order valence-corrected chi connectivity index (χ2v) is 1.22. The summed E-state index contributed by atoms with van der Waals surface area (Å²) < 4.78 is 0. The summed E-state index contributed by atoms with van der Waals surface area (Å²) in [6.45, 7) is 1.97. The third-order valence-electron chi connectivity index (χ3n) is 0.644. The molecule has 0 aromatic heterocycles. The molecule has 0 N–H and O–H groups in total. The van der Waals surface area contributed by atoms with Crippen LogP contribution in [-0.4, -0.2) is 0 Å². The molecular weight excluding hydrogens is 72.1 g/mol. The number of allylic oxidation sites excluding steroid dienone is 3. The maximum absolute atomic E-state index is 3.00. The molecule has 0 amide bonds. The van der Waals surface area contributed by atoms with Crippen LogP contribution in [0.5, 0.6) is 0 Å². The van der Waals surface area contributed by atoms with E-state index in [0.717, 1.165) is 0 Å². The smallest absolute Gasteiger partial charge is 0.0161 e. The molecular formula is C6H6. The molecule has 0 aromatic rings. The molecule has 0 spiro atoms. The molecule has 1 aliphatic rings. The van der Waals surface area contributed by atoms with Crippen LogP contribution >= 0.6 is 0 Å². The minimum atomic E-state index is 1.23. The third kappa shape index (κ3) is 0.602. The lowest BCUT2D eigenvalue weighted by molar-refractivity contribution is 1.76. The predicted molar refractivity (Wildman–Crippen MR) is 26.4 cm³/mol. The first-order valence-electron chi connectivity index (χ1n) is 2.03. The molecule has 0 atom stereocenters. The maximum atomic E-state index is 3.00. The Balaban J connectivity index is 2.69. The van der Waals surface area contributed by atoms with E-state index in [9.17, 15) is 0 Å². The van der Waals surface area contributed by atoms with Gasteiger partial charge in [0.2, 0.25) is 0 Å². The fourth-order valence-electron chi connectivity index (χ4n) is 0.305. The van der Waals surface area contributed by atoms with E-state index in [-0.39, 0.29) is 0 Å².